The minimum Gasteiger partial charge on any atom is -0.493 e. The first-order chi connectivity index (χ1) is 26.7. The summed E-state index contributed by atoms with van der Waals surface area (Å²) >= 11 is 0. The van der Waals surface area contributed by atoms with E-state index in [0.29, 0.717) is 0 Å². The van der Waals surface area contributed by atoms with Gasteiger partial charge in [0.05, 0.1) is 0 Å². The maximum absolute atomic E-state index is 11.6. The second kappa shape index (κ2) is 30.7. The van der Waals surface area contributed by atoms with E-state index >= 15 is 0 Å². The van der Waals surface area contributed by atoms with E-state index < -0.39 is 0 Å². The Morgan fingerprint density at radius 3 is 1.02 bits per heavy atom. The molecular weight excluding hydrogens is 653 g/mol. The molecular formula is C52H84N2. The van der Waals surface area contributed by atoms with E-state index in [2.05, 4.69) is 75.4 Å². The summed E-state index contributed by atoms with van der Waals surface area (Å²) < 4.78 is 1.47. The molecule has 0 aliphatic carbocycles. The normalized spacial score (nSPS) is 13.0. The molecule has 0 unspecified atom stereocenters. The fourth-order valence-electron chi connectivity index (χ4n) is 8.32. The Labute approximate surface area is 335 Å². The van der Waals surface area contributed by atoms with E-state index in [1.807, 2.05) is 0 Å². The smallest absolute Gasteiger partial charge is 0.210 e. The van der Waals surface area contributed by atoms with E-state index in [4.69, 9.17) is 0 Å². The molecule has 0 spiro atoms. The third-order valence-electron chi connectivity index (χ3n) is 12.0. The van der Waals surface area contributed by atoms with Crippen molar-refractivity contribution in [2.24, 2.45) is 0 Å². The molecule has 0 fully saturated rings. The van der Waals surface area contributed by atoms with Gasteiger partial charge < -0.3 is 5.53 Å². The van der Waals surface area contributed by atoms with E-state index in [-0.39, 0.29) is 0 Å². The van der Waals surface area contributed by atoms with Crippen molar-refractivity contribution in [1.29, 1.82) is 0 Å². The quantitative estimate of drug-likeness (QED) is 0.0497. The van der Waals surface area contributed by atoms with Crippen LogP contribution in [0.1, 0.15) is 242 Å². The van der Waals surface area contributed by atoms with Gasteiger partial charge >= 0.3 is 0 Å². The molecule has 0 atom stereocenters. The number of aryl methyl sites for hydroxylation is 2. The van der Waals surface area contributed by atoms with Gasteiger partial charge in [0.15, 0.2) is 0 Å². The van der Waals surface area contributed by atoms with E-state index in [1.54, 1.807) is 0 Å². The van der Waals surface area contributed by atoms with Crippen molar-refractivity contribution < 1.29 is 4.70 Å². The Hall–Kier alpha value is -2.48. The summed E-state index contributed by atoms with van der Waals surface area (Å²) in [5.41, 5.74) is 19.7. The summed E-state index contributed by atoms with van der Waals surface area (Å²) in [6.07, 6.45) is 47.4. The predicted octanol–water partition coefficient (Wildman–Crippen LogP) is 17.7. The minimum absolute atomic E-state index is 0.909. The number of hydrogen-bond acceptors (Lipinski definition) is 0. The van der Waals surface area contributed by atoms with E-state index in [9.17, 15) is 5.53 Å². The van der Waals surface area contributed by atoms with Crippen molar-refractivity contribution in [2.75, 3.05) is 0 Å². The molecule has 2 aromatic rings. The number of allylic oxidation sites excluding steroid dienone is 2. The molecule has 302 valence electrons. The minimum atomic E-state index is 0.909. The number of unbranched alkanes of at least 4 members (excludes halogenated alkanes) is 27. The summed E-state index contributed by atoms with van der Waals surface area (Å²) in [6, 6.07) is 17.8. The molecule has 2 heteroatoms. The summed E-state index contributed by atoms with van der Waals surface area (Å²) in [5, 5.41) is 0. The number of rotatable bonds is 35. The molecule has 0 N–H and O–H groups in total. The van der Waals surface area contributed by atoms with Gasteiger partial charge in [0.1, 0.15) is 0 Å². The van der Waals surface area contributed by atoms with Crippen LogP contribution in [0.4, 0.5) is 0 Å². The molecule has 0 saturated heterocycles. The first-order valence-corrected chi connectivity index (χ1v) is 23.8. The second-order valence-corrected chi connectivity index (χ2v) is 16.9. The van der Waals surface area contributed by atoms with Gasteiger partial charge in [-0.05, 0) is 73.9 Å². The van der Waals surface area contributed by atoms with Gasteiger partial charge in [-0.25, -0.2) is 4.70 Å². The number of nitrogens with zero attached hydrogens (tertiary/aromatic N) is 2. The number of benzene rings is 2. The van der Waals surface area contributed by atoms with Crippen molar-refractivity contribution in [3.05, 3.63) is 88.0 Å². The Kier molecular flexibility index (Phi) is 26.1. The highest BCUT2D eigenvalue weighted by molar-refractivity contribution is 5.78. The first kappa shape index (κ1) is 45.9. The van der Waals surface area contributed by atoms with Crippen molar-refractivity contribution in [2.45, 2.75) is 233 Å². The molecule has 0 saturated carbocycles. The molecule has 54 heavy (non-hydrogen) atoms. The zero-order valence-corrected chi connectivity index (χ0v) is 35.9. The fraction of sp³-hybridized carbons (Fsp3) is 0.692. The summed E-state index contributed by atoms with van der Waals surface area (Å²) in [5.74, 6) is 0. The molecule has 1 heterocycles. The lowest BCUT2D eigenvalue weighted by Crippen LogP contribution is -2.02. The summed E-state index contributed by atoms with van der Waals surface area (Å²) in [4.78, 5) is 0. The van der Waals surface area contributed by atoms with Gasteiger partial charge in [0.2, 0.25) is 11.4 Å². The van der Waals surface area contributed by atoms with Crippen LogP contribution in [0.3, 0.4) is 0 Å². The van der Waals surface area contributed by atoms with E-state index in [0.717, 1.165) is 41.8 Å². The van der Waals surface area contributed by atoms with Gasteiger partial charge in [-0.3, -0.25) is 0 Å². The van der Waals surface area contributed by atoms with Crippen molar-refractivity contribution >= 4 is 11.4 Å². The standard InChI is InChI=1S/C52H84N2/c1-4-7-10-11-12-13-14-15-16-17-18-19-20-21-22-23-24-25-26-27-28-29-30-31-32-33-36-50-45-51(48-41-37-46(38-42-48)34-8-5-2)54(53)52(50)49-43-39-47(40-44-49)35-9-6-3/h37-45H,4-36H2,1-3H3. The van der Waals surface area contributed by atoms with Crippen molar-refractivity contribution in [3.8, 4) is 0 Å². The highest BCUT2D eigenvalue weighted by atomic mass is 15.2. The van der Waals surface area contributed by atoms with Crippen molar-refractivity contribution in [3.63, 3.8) is 0 Å². The lowest BCUT2D eigenvalue weighted by molar-refractivity contribution is -0.344. The molecule has 0 radical (unpaired) electrons. The molecule has 0 bridgehead atoms. The average Bonchev–Trinajstić information content (AvgIpc) is 3.53. The molecule has 2 aromatic carbocycles. The highest BCUT2D eigenvalue weighted by Gasteiger charge is 2.28. The van der Waals surface area contributed by atoms with Crippen LogP contribution in [0.2, 0.25) is 0 Å². The van der Waals surface area contributed by atoms with Crippen LogP contribution in [0.25, 0.3) is 16.9 Å². The number of hydrogen-bond donors (Lipinski definition) is 0. The predicted molar refractivity (Wildman–Crippen MR) is 239 cm³/mol. The summed E-state index contributed by atoms with van der Waals surface area (Å²) in [7, 11) is 0. The first-order valence-electron chi connectivity index (χ1n) is 23.8. The Bertz CT molecular complexity index is 1280. The zero-order valence-electron chi connectivity index (χ0n) is 35.9. The van der Waals surface area contributed by atoms with Crippen LogP contribution in [0, 0.1) is 0 Å². The lowest BCUT2D eigenvalue weighted by Gasteiger charge is -2.11. The van der Waals surface area contributed by atoms with Gasteiger partial charge in [0.25, 0.3) is 0 Å². The molecule has 3 rings (SSSR count). The lowest BCUT2D eigenvalue weighted by atomic mass is 9.99. The maximum Gasteiger partial charge on any atom is 0.210 e. The highest BCUT2D eigenvalue weighted by Crippen LogP contribution is 2.37. The molecule has 1 aliphatic heterocycles. The largest absolute Gasteiger partial charge is 0.493 e. The van der Waals surface area contributed by atoms with Gasteiger partial charge in [0, 0.05) is 22.8 Å². The summed E-state index contributed by atoms with van der Waals surface area (Å²) in [6.45, 7) is 6.80. The van der Waals surface area contributed by atoms with Crippen LogP contribution in [-0.2, 0) is 12.8 Å². The van der Waals surface area contributed by atoms with Crippen molar-refractivity contribution in [1.82, 2.24) is 0 Å². The van der Waals surface area contributed by atoms with Crippen LogP contribution in [-0.4, -0.2) is 4.70 Å². The third-order valence-corrected chi connectivity index (χ3v) is 12.0. The van der Waals surface area contributed by atoms with Crippen LogP contribution in [0.5, 0.6) is 0 Å². The Balaban J connectivity index is 1.23. The van der Waals surface area contributed by atoms with E-state index in [1.165, 1.54) is 214 Å². The Morgan fingerprint density at radius 2 is 0.667 bits per heavy atom. The van der Waals surface area contributed by atoms with Gasteiger partial charge in [-0.15, -0.1) is 0 Å². The SMILES string of the molecule is CCCCCCCCCCCCCCCCCCCCCCCCCCCCC1=C(c2ccc(CCCC)cc2)[N+](=[N-])C(c2ccc(CCCC)cc2)=C1. The molecule has 1 aliphatic rings. The van der Waals surface area contributed by atoms with Gasteiger partial charge in [-0.2, -0.15) is 0 Å². The molecule has 0 aromatic heterocycles. The monoisotopic (exact) mass is 737 g/mol. The average molecular weight is 737 g/mol. The van der Waals surface area contributed by atoms with Crippen LogP contribution in [0.15, 0.2) is 60.2 Å². The van der Waals surface area contributed by atoms with Crippen LogP contribution < -0.4 is 0 Å². The third kappa shape index (κ3) is 19.4. The van der Waals surface area contributed by atoms with Gasteiger partial charge in [-0.1, -0.05) is 218 Å². The topological polar surface area (TPSA) is 25.3 Å². The Morgan fingerprint density at radius 1 is 0.352 bits per heavy atom. The van der Waals surface area contributed by atoms with Crippen LogP contribution >= 0.6 is 0 Å². The second-order valence-electron chi connectivity index (χ2n) is 16.9. The fourth-order valence-corrected chi connectivity index (χ4v) is 8.32. The molecule has 0 amide bonds. The maximum atomic E-state index is 11.6. The zero-order chi connectivity index (χ0) is 38.3. The molecule has 2 nitrogen and oxygen atoms in total.